The zero-order valence-corrected chi connectivity index (χ0v) is 20.5. The Balaban J connectivity index is 0.00000450. The zero-order valence-electron chi connectivity index (χ0n) is 18.2. The SMILES string of the molecule is CCNC(=NCc1cc(OC)c(OC)c(OC)c1)NCC(C)(O)c1ccccc1.I. The molecule has 0 fully saturated rings. The van der Waals surface area contributed by atoms with E-state index in [4.69, 9.17) is 14.2 Å². The summed E-state index contributed by atoms with van der Waals surface area (Å²) in [6.45, 7) is 5.19. The summed E-state index contributed by atoms with van der Waals surface area (Å²) in [5.74, 6) is 2.33. The molecule has 0 saturated carbocycles. The van der Waals surface area contributed by atoms with Crippen molar-refractivity contribution in [2.45, 2.75) is 26.0 Å². The zero-order chi connectivity index (χ0) is 21.3. The van der Waals surface area contributed by atoms with Gasteiger partial charge in [0.2, 0.25) is 5.75 Å². The van der Waals surface area contributed by atoms with Crippen LogP contribution < -0.4 is 24.8 Å². The van der Waals surface area contributed by atoms with E-state index in [9.17, 15) is 5.11 Å². The minimum absolute atomic E-state index is 0. The maximum atomic E-state index is 10.8. The van der Waals surface area contributed by atoms with Crippen LogP contribution in [-0.2, 0) is 12.1 Å². The van der Waals surface area contributed by atoms with Gasteiger partial charge in [0, 0.05) is 6.54 Å². The van der Waals surface area contributed by atoms with Crippen LogP contribution in [0.25, 0.3) is 0 Å². The van der Waals surface area contributed by atoms with Gasteiger partial charge < -0.3 is 30.0 Å². The normalized spacial score (nSPS) is 12.9. The van der Waals surface area contributed by atoms with Crippen LogP contribution in [0.4, 0.5) is 0 Å². The lowest BCUT2D eigenvalue weighted by Crippen LogP contribution is -2.44. The van der Waals surface area contributed by atoms with Crippen molar-refractivity contribution in [1.82, 2.24) is 10.6 Å². The Morgan fingerprint density at radius 2 is 1.60 bits per heavy atom. The monoisotopic (exact) mass is 529 g/mol. The largest absolute Gasteiger partial charge is 0.493 e. The molecule has 0 saturated heterocycles. The maximum Gasteiger partial charge on any atom is 0.203 e. The van der Waals surface area contributed by atoms with E-state index in [1.807, 2.05) is 49.4 Å². The van der Waals surface area contributed by atoms with Crippen molar-refractivity contribution < 1.29 is 19.3 Å². The molecule has 0 aliphatic heterocycles. The third kappa shape index (κ3) is 6.94. The first-order valence-electron chi connectivity index (χ1n) is 9.54. The van der Waals surface area contributed by atoms with Crippen molar-refractivity contribution in [3.63, 3.8) is 0 Å². The topological polar surface area (TPSA) is 84.3 Å². The molecule has 1 unspecified atom stereocenters. The molecule has 0 heterocycles. The third-order valence-corrected chi connectivity index (χ3v) is 4.48. The number of nitrogens with zero attached hydrogens (tertiary/aromatic N) is 1. The molecule has 0 spiro atoms. The minimum Gasteiger partial charge on any atom is -0.493 e. The number of hydrogen-bond acceptors (Lipinski definition) is 5. The fourth-order valence-corrected chi connectivity index (χ4v) is 2.89. The maximum absolute atomic E-state index is 10.8. The van der Waals surface area contributed by atoms with E-state index in [1.165, 1.54) is 0 Å². The van der Waals surface area contributed by atoms with Crippen molar-refractivity contribution in [2.24, 2.45) is 4.99 Å². The number of ether oxygens (including phenoxy) is 3. The molecule has 30 heavy (non-hydrogen) atoms. The fourth-order valence-electron chi connectivity index (χ4n) is 2.89. The predicted octanol–water partition coefficient (Wildman–Crippen LogP) is 3.29. The molecule has 2 rings (SSSR count). The number of hydrogen-bond donors (Lipinski definition) is 3. The second kappa shape index (κ2) is 12.5. The highest BCUT2D eigenvalue weighted by molar-refractivity contribution is 14.0. The van der Waals surface area contributed by atoms with Gasteiger partial charge in [0.1, 0.15) is 5.60 Å². The lowest BCUT2D eigenvalue weighted by Gasteiger charge is -2.25. The van der Waals surface area contributed by atoms with Crippen LogP contribution >= 0.6 is 24.0 Å². The quantitative estimate of drug-likeness (QED) is 0.263. The molecular formula is C22H32IN3O4. The number of rotatable bonds is 9. The average molecular weight is 529 g/mol. The van der Waals surface area contributed by atoms with Crippen LogP contribution in [0.1, 0.15) is 25.0 Å². The second-order valence-corrected chi connectivity index (χ2v) is 6.72. The Labute approximate surface area is 195 Å². The van der Waals surface area contributed by atoms with E-state index < -0.39 is 5.60 Å². The minimum atomic E-state index is -1.02. The van der Waals surface area contributed by atoms with Gasteiger partial charge in [-0.25, -0.2) is 4.99 Å². The van der Waals surface area contributed by atoms with Crippen LogP contribution in [0.2, 0.25) is 0 Å². The highest BCUT2D eigenvalue weighted by Gasteiger charge is 2.23. The number of nitrogens with one attached hydrogen (secondary N) is 2. The van der Waals surface area contributed by atoms with Gasteiger partial charge in [-0.2, -0.15) is 0 Å². The molecule has 0 aromatic heterocycles. The Bertz CT molecular complexity index is 788. The molecule has 1 atom stereocenters. The molecular weight excluding hydrogens is 497 g/mol. The van der Waals surface area contributed by atoms with Crippen molar-refractivity contribution in [3.05, 3.63) is 53.6 Å². The lowest BCUT2D eigenvalue weighted by molar-refractivity contribution is 0.0617. The molecule has 8 heteroatoms. The van der Waals surface area contributed by atoms with Gasteiger partial charge in [0.15, 0.2) is 17.5 Å². The molecule has 3 N–H and O–H groups in total. The molecule has 0 bridgehead atoms. The summed E-state index contributed by atoms with van der Waals surface area (Å²) >= 11 is 0. The highest BCUT2D eigenvalue weighted by atomic mass is 127. The van der Waals surface area contributed by atoms with Gasteiger partial charge in [-0.05, 0) is 37.1 Å². The molecule has 2 aromatic carbocycles. The molecule has 2 aromatic rings. The molecule has 0 aliphatic carbocycles. The van der Waals surface area contributed by atoms with Crippen LogP contribution in [0.3, 0.4) is 0 Å². The van der Waals surface area contributed by atoms with Crippen LogP contribution in [0, 0.1) is 0 Å². The van der Waals surface area contributed by atoms with Crippen molar-refractivity contribution >= 4 is 29.9 Å². The number of aliphatic hydroxyl groups is 1. The molecule has 7 nitrogen and oxygen atoms in total. The van der Waals surface area contributed by atoms with Gasteiger partial charge >= 0.3 is 0 Å². The number of guanidine groups is 1. The number of benzene rings is 2. The van der Waals surface area contributed by atoms with Gasteiger partial charge in [0.25, 0.3) is 0 Å². The summed E-state index contributed by atoms with van der Waals surface area (Å²) in [6.07, 6.45) is 0. The van der Waals surface area contributed by atoms with Crippen LogP contribution in [-0.4, -0.2) is 45.5 Å². The Morgan fingerprint density at radius 1 is 1.00 bits per heavy atom. The van der Waals surface area contributed by atoms with Gasteiger partial charge in [-0.3, -0.25) is 0 Å². The van der Waals surface area contributed by atoms with Gasteiger partial charge in [-0.15, -0.1) is 24.0 Å². The number of aliphatic imine (C=N–C) groups is 1. The van der Waals surface area contributed by atoms with Crippen molar-refractivity contribution in [1.29, 1.82) is 0 Å². The van der Waals surface area contributed by atoms with Gasteiger partial charge in [0.05, 0.1) is 34.4 Å². The Kier molecular flexibility index (Phi) is 10.8. The molecule has 0 aliphatic rings. The first kappa shape index (κ1) is 25.8. The third-order valence-electron chi connectivity index (χ3n) is 4.48. The van der Waals surface area contributed by atoms with E-state index in [0.29, 0.717) is 42.8 Å². The molecule has 0 amide bonds. The van der Waals surface area contributed by atoms with Crippen molar-refractivity contribution in [3.8, 4) is 17.2 Å². The summed E-state index contributed by atoms with van der Waals surface area (Å²) in [6, 6.07) is 13.3. The van der Waals surface area contributed by atoms with Crippen molar-refractivity contribution in [2.75, 3.05) is 34.4 Å². The summed E-state index contributed by atoms with van der Waals surface area (Å²) in [5, 5.41) is 17.2. The second-order valence-electron chi connectivity index (χ2n) is 6.72. The smallest absolute Gasteiger partial charge is 0.203 e. The first-order chi connectivity index (χ1) is 13.9. The first-order valence-corrected chi connectivity index (χ1v) is 9.54. The Hall–Kier alpha value is -2.20. The summed E-state index contributed by atoms with van der Waals surface area (Å²) in [7, 11) is 4.74. The fraction of sp³-hybridized carbons (Fsp3) is 0.409. The van der Waals surface area contributed by atoms with E-state index >= 15 is 0 Å². The predicted molar refractivity (Wildman–Crippen MR) is 130 cm³/mol. The summed E-state index contributed by atoms with van der Waals surface area (Å²) in [5.41, 5.74) is 0.726. The molecule has 0 radical (unpaired) electrons. The van der Waals surface area contributed by atoms with Crippen LogP contribution in [0.5, 0.6) is 17.2 Å². The van der Waals surface area contributed by atoms with E-state index in [2.05, 4.69) is 15.6 Å². The van der Waals surface area contributed by atoms with Gasteiger partial charge in [-0.1, -0.05) is 30.3 Å². The van der Waals surface area contributed by atoms with E-state index in [-0.39, 0.29) is 24.0 Å². The van der Waals surface area contributed by atoms with E-state index in [1.54, 1.807) is 28.3 Å². The lowest BCUT2D eigenvalue weighted by atomic mass is 9.96. The Morgan fingerprint density at radius 3 is 2.10 bits per heavy atom. The number of methoxy groups -OCH3 is 3. The highest BCUT2D eigenvalue weighted by Crippen LogP contribution is 2.38. The number of halogens is 1. The average Bonchev–Trinajstić information content (AvgIpc) is 2.75. The summed E-state index contributed by atoms with van der Waals surface area (Å²) in [4.78, 5) is 4.62. The molecule has 166 valence electrons. The summed E-state index contributed by atoms with van der Waals surface area (Å²) < 4.78 is 16.2. The standard InChI is InChI=1S/C22H31N3O4.HI/c1-6-23-21(25-15-22(2,26)17-10-8-7-9-11-17)24-14-16-12-18(27-3)20(29-5)19(13-16)28-4;/h7-13,26H,6,14-15H2,1-5H3,(H2,23,24,25);1H. The van der Waals surface area contributed by atoms with Crippen LogP contribution in [0.15, 0.2) is 47.5 Å². The van der Waals surface area contributed by atoms with E-state index in [0.717, 1.165) is 11.1 Å².